The summed E-state index contributed by atoms with van der Waals surface area (Å²) in [6, 6.07) is 12.4. The molecule has 1 aliphatic carbocycles. The number of ether oxygens (including phenoxy) is 1. The molecule has 4 heterocycles. The number of aromatic nitrogens is 3. The summed E-state index contributed by atoms with van der Waals surface area (Å²) in [6.45, 7) is 11.1. The molecule has 13 nitrogen and oxygen atoms in total. The Balaban J connectivity index is 0.952. The number of β-amino-alcohol motifs (C(OH)–C–C–N with tert-alkyl or cyclic N) is 1. The number of anilines is 2. The number of likely N-dealkylation sites (N-methyl/N-ethyl adjacent to an activating group) is 2. The van der Waals surface area contributed by atoms with Gasteiger partial charge in [0.1, 0.15) is 18.3 Å². The Morgan fingerprint density at radius 3 is 2.46 bits per heavy atom. The number of nitrogens with one attached hydrogen (secondary N) is 1. The standard InChI is InChI=1S/C37H54N8O5/c1-24(2)35(37(48)44-15-14-28(46)23-44)33-21-34(41-50-33)49-19-18-43(5)27-12-10-26(11-13-27)42(4)16-17-45-25(3)22-38-36-31(45)20-30(39-40-36)29-8-6-7-9-32(29)47/h6-9,20-21,24-28,35,46-47H,10-19,22-23H2,1-5H3,(H,38,40)/t25-,26?,27?,28-,35-/m1/s1. The Morgan fingerprint density at radius 1 is 1.06 bits per heavy atom. The number of benzene rings is 1. The molecule has 1 saturated carbocycles. The Morgan fingerprint density at radius 2 is 1.78 bits per heavy atom. The first-order valence-electron chi connectivity index (χ1n) is 18.2. The molecule has 6 rings (SSSR count). The molecule has 3 aliphatic rings. The van der Waals surface area contributed by atoms with E-state index in [2.05, 4.69) is 56.4 Å². The van der Waals surface area contributed by atoms with Gasteiger partial charge in [-0.3, -0.25) is 4.79 Å². The fourth-order valence-corrected chi connectivity index (χ4v) is 7.71. The number of hydrogen-bond acceptors (Lipinski definition) is 12. The number of aliphatic hydroxyl groups is 1. The van der Waals surface area contributed by atoms with Gasteiger partial charge in [-0.1, -0.05) is 26.0 Å². The van der Waals surface area contributed by atoms with Gasteiger partial charge in [0.2, 0.25) is 5.91 Å². The lowest BCUT2D eigenvalue weighted by molar-refractivity contribution is -0.133. The van der Waals surface area contributed by atoms with E-state index < -0.39 is 12.0 Å². The third-order valence-electron chi connectivity index (χ3n) is 10.9. The highest BCUT2D eigenvalue weighted by atomic mass is 16.5. The van der Waals surface area contributed by atoms with Crippen LogP contribution in [0.4, 0.5) is 11.5 Å². The molecule has 0 radical (unpaired) electrons. The lowest BCUT2D eigenvalue weighted by atomic mass is 9.89. The van der Waals surface area contributed by atoms with Crippen molar-refractivity contribution >= 4 is 17.4 Å². The molecule has 2 aromatic heterocycles. The third kappa shape index (κ3) is 8.16. The molecule has 2 fully saturated rings. The van der Waals surface area contributed by atoms with Crippen LogP contribution in [0, 0.1) is 5.92 Å². The van der Waals surface area contributed by atoms with Crippen LogP contribution >= 0.6 is 0 Å². The highest BCUT2D eigenvalue weighted by molar-refractivity contribution is 5.83. The van der Waals surface area contributed by atoms with Crippen LogP contribution in [-0.2, 0) is 4.79 Å². The number of likely N-dealkylation sites (tertiary alicyclic amines) is 1. The number of para-hydroxylation sites is 1. The van der Waals surface area contributed by atoms with E-state index in [0.29, 0.717) is 67.1 Å². The molecule has 2 aliphatic heterocycles. The predicted octanol–water partition coefficient (Wildman–Crippen LogP) is 4.04. The maximum Gasteiger partial charge on any atom is 0.254 e. The van der Waals surface area contributed by atoms with Crippen LogP contribution in [0.3, 0.4) is 0 Å². The lowest BCUT2D eigenvalue weighted by Crippen LogP contribution is -2.48. The number of rotatable bonds is 13. The van der Waals surface area contributed by atoms with Crippen LogP contribution < -0.4 is 15.0 Å². The lowest BCUT2D eigenvalue weighted by Gasteiger charge is -2.41. The minimum absolute atomic E-state index is 0.0295. The van der Waals surface area contributed by atoms with E-state index in [4.69, 9.17) is 9.26 Å². The van der Waals surface area contributed by atoms with E-state index in [0.717, 1.165) is 63.4 Å². The zero-order valence-electron chi connectivity index (χ0n) is 30.2. The molecule has 1 aromatic carbocycles. The second-order valence-corrected chi connectivity index (χ2v) is 14.7. The summed E-state index contributed by atoms with van der Waals surface area (Å²) in [4.78, 5) is 22.2. The van der Waals surface area contributed by atoms with Crippen molar-refractivity contribution in [3.63, 3.8) is 0 Å². The molecular formula is C37H54N8O5. The molecule has 13 heteroatoms. The van der Waals surface area contributed by atoms with Crippen molar-refractivity contribution < 1.29 is 24.3 Å². The van der Waals surface area contributed by atoms with Crippen LogP contribution in [0.1, 0.15) is 64.6 Å². The van der Waals surface area contributed by atoms with Crippen LogP contribution in [0.25, 0.3) is 11.3 Å². The number of phenols is 1. The minimum Gasteiger partial charge on any atom is -0.507 e. The summed E-state index contributed by atoms with van der Waals surface area (Å²) < 4.78 is 11.6. The summed E-state index contributed by atoms with van der Waals surface area (Å²) >= 11 is 0. The van der Waals surface area contributed by atoms with Gasteiger partial charge in [0.05, 0.1) is 17.5 Å². The van der Waals surface area contributed by atoms with Gasteiger partial charge < -0.3 is 44.4 Å². The molecule has 0 unspecified atom stereocenters. The molecule has 3 N–H and O–H groups in total. The third-order valence-corrected chi connectivity index (χ3v) is 10.9. The molecule has 3 aromatic rings. The van der Waals surface area contributed by atoms with E-state index in [1.165, 1.54) is 0 Å². The van der Waals surface area contributed by atoms with Gasteiger partial charge in [-0.15, -0.1) is 10.2 Å². The first-order valence-corrected chi connectivity index (χ1v) is 18.2. The van der Waals surface area contributed by atoms with Crippen LogP contribution in [-0.4, -0.2) is 130 Å². The second-order valence-electron chi connectivity index (χ2n) is 14.7. The predicted molar refractivity (Wildman–Crippen MR) is 193 cm³/mol. The average Bonchev–Trinajstić information content (AvgIpc) is 3.76. The fourth-order valence-electron chi connectivity index (χ4n) is 7.71. The quantitative estimate of drug-likeness (QED) is 0.238. The molecule has 50 heavy (non-hydrogen) atoms. The SMILES string of the molecule is CC(C)[C@@H](C(=O)N1CC[C@@H](O)C1)c1cc(OCCN(C)C2CCC(N(C)CCN3c4cc(-c5ccccc5O)nnc4NC[C@H]3C)CC2)no1. The number of nitrogens with zero attached hydrogens (tertiary/aromatic N) is 7. The second kappa shape index (κ2) is 15.9. The molecule has 0 spiro atoms. The number of amides is 1. The number of carbonyl (C=O) groups excluding carboxylic acids is 1. The van der Waals surface area contributed by atoms with Crippen molar-refractivity contribution in [1.29, 1.82) is 0 Å². The van der Waals surface area contributed by atoms with E-state index in [-0.39, 0.29) is 17.6 Å². The van der Waals surface area contributed by atoms with E-state index in [9.17, 15) is 15.0 Å². The number of fused-ring (bicyclic) bond motifs is 1. The monoisotopic (exact) mass is 690 g/mol. The Labute approximate surface area is 295 Å². The Bertz CT molecular complexity index is 1580. The van der Waals surface area contributed by atoms with Crippen molar-refractivity contribution in [1.82, 2.24) is 30.1 Å². The van der Waals surface area contributed by atoms with Gasteiger partial charge in [-0.05, 0) is 82.4 Å². The first-order chi connectivity index (χ1) is 24.1. The molecule has 0 bridgehead atoms. The highest BCUT2D eigenvalue weighted by Gasteiger charge is 2.35. The maximum atomic E-state index is 13.2. The number of carbonyl (C=O) groups is 1. The molecule has 3 atom stereocenters. The van der Waals surface area contributed by atoms with Gasteiger partial charge >= 0.3 is 0 Å². The number of phenolic OH excluding ortho intramolecular Hbond substituents is 1. The zero-order valence-corrected chi connectivity index (χ0v) is 30.2. The number of aromatic hydroxyl groups is 1. The Hall–Kier alpha value is -3.94. The largest absolute Gasteiger partial charge is 0.507 e. The summed E-state index contributed by atoms with van der Waals surface area (Å²) in [5, 5.41) is 36.7. The van der Waals surface area contributed by atoms with Crippen LogP contribution in [0.15, 0.2) is 40.9 Å². The van der Waals surface area contributed by atoms with Gasteiger partial charge in [-0.25, -0.2) is 0 Å². The number of hydrogen-bond donors (Lipinski definition) is 3. The fraction of sp³-hybridized carbons (Fsp3) is 0.622. The van der Waals surface area contributed by atoms with Gasteiger partial charge in [0, 0.05) is 69.0 Å². The Kier molecular flexibility index (Phi) is 11.4. The van der Waals surface area contributed by atoms with E-state index >= 15 is 0 Å². The van der Waals surface area contributed by atoms with Crippen molar-refractivity contribution in [2.45, 2.75) is 83.0 Å². The molecule has 1 amide bonds. The topological polar surface area (TPSA) is 144 Å². The van der Waals surface area contributed by atoms with Gasteiger partial charge in [0.25, 0.3) is 5.88 Å². The normalized spacial score (nSPS) is 23.0. The highest BCUT2D eigenvalue weighted by Crippen LogP contribution is 2.35. The number of aliphatic hydroxyl groups excluding tert-OH is 1. The average molecular weight is 691 g/mol. The van der Waals surface area contributed by atoms with Crippen LogP contribution in [0.5, 0.6) is 11.6 Å². The zero-order chi connectivity index (χ0) is 35.4. The maximum absolute atomic E-state index is 13.2. The summed E-state index contributed by atoms with van der Waals surface area (Å²) in [5.74, 6) is 1.46. The summed E-state index contributed by atoms with van der Waals surface area (Å²) in [5.41, 5.74) is 2.37. The van der Waals surface area contributed by atoms with E-state index in [1.807, 2.05) is 38.1 Å². The van der Waals surface area contributed by atoms with Crippen molar-refractivity contribution in [2.24, 2.45) is 5.92 Å². The molecule has 272 valence electrons. The van der Waals surface area contributed by atoms with Crippen molar-refractivity contribution in [3.05, 3.63) is 42.2 Å². The smallest absolute Gasteiger partial charge is 0.254 e. The first kappa shape index (κ1) is 35.9. The van der Waals surface area contributed by atoms with Gasteiger partial charge in [-0.2, -0.15) is 0 Å². The molecule has 1 saturated heterocycles. The van der Waals surface area contributed by atoms with Crippen molar-refractivity contribution in [3.8, 4) is 22.9 Å². The van der Waals surface area contributed by atoms with Crippen molar-refractivity contribution in [2.75, 3.05) is 70.2 Å². The van der Waals surface area contributed by atoms with Gasteiger partial charge in [0.15, 0.2) is 11.6 Å². The molecular weight excluding hydrogens is 636 g/mol. The van der Waals surface area contributed by atoms with Crippen LogP contribution in [0.2, 0.25) is 0 Å². The summed E-state index contributed by atoms with van der Waals surface area (Å²) in [6.07, 6.45) is 4.72. The van der Waals surface area contributed by atoms with E-state index in [1.54, 1.807) is 17.0 Å². The minimum atomic E-state index is -0.456. The summed E-state index contributed by atoms with van der Waals surface area (Å²) in [7, 11) is 4.41.